The van der Waals surface area contributed by atoms with Gasteiger partial charge >= 0.3 is 5.97 Å². The van der Waals surface area contributed by atoms with Crippen LogP contribution in [0.15, 0.2) is 48.6 Å². The molecule has 0 saturated heterocycles. The Bertz CT molecular complexity index is 972. The molecule has 0 unspecified atom stereocenters. The fourth-order valence-corrected chi connectivity index (χ4v) is 3.86. The van der Waals surface area contributed by atoms with Gasteiger partial charge in [0.15, 0.2) is 0 Å². The van der Waals surface area contributed by atoms with Crippen molar-refractivity contribution in [2.75, 3.05) is 0 Å². The molecule has 0 aromatic heterocycles. The minimum atomic E-state index is -0.933. The Balaban J connectivity index is 2.20. The molecule has 2 heteroatoms. The second-order valence-electron chi connectivity index (χ2n) is 8.74. The summed E-state index contributed by atoms with van der Waals surface area (Å²) in [7, 11) is 0. The average Bonchev–Trinajstić information content (AvgIpc) is 2.58. The standard InChI is InChI=1S/C25H28O2/c1-16-7-8-18(9-10-23(26)27)14-19(16)20-15-22-21(13-17(20)2)24(3,4)11-12-25(22,5)6/h7-15H,1-6H3,(H,26,27). The number of carboxylic acid groups (broad SMARTS) is 1. The molecule has 140 valence electrons. The van der Waals surface area contributed by atoms with Crippen molar-refractivity contribution in [1.29, 1.82) is 0 Å². The van der Waals surface area contributed by atoms with Crippen molar-refractivity contribution in [3.8, 4) is 11.1 Å². The van der Waals surface area contributed by atoms with Crippen LogP contribution in [-0.4, -0.2) is 11.1 Å². The highest BCUT2D eigenvalue weighted by atomic mass is 16.4. The van der Waals surface area contributed by atoms with Crippen molar-refractivity contribution in [3.63, 3.8) is 0 Å². The monoisotopic (exact) mass is 360 g/mol. The zero-order chi connectivity index (χ0) is 20.0. The lowest BCUT2D eigenvalue weighted by Gasteiger charge is -2.37. The van der Waals surface area contributed by atoms with E-state index in [4.69, 9.17) is 5.11 Å². The Morgan fingerprint density at radius 3 is 2.00 bits per heavy atom. The molecule has 0 radical (unpaired) electrons. The normalized spacial score (nSPS) is 17.1. The number of rotatable bonds is 3. The Kier molecular flexibility index (Phi) is 4.63. The fraction of sp³-hybridized carbons (Fsp3) is 0.320. The molecule has 1 N–H and O–H groups in total. The van der Waals surface area contributed by atoms with E-state index in [0.717, 1.165) is 11.1 Å². The van der Waals surface area contributed by atoms with E-state index in [1.807, 2.05) is 6.07 Å². The van der Waals surface area contributed by atoms with Gasteiger partial charge in [-0.25, -0.2) is 4.79 Å². The Morgan fingerprint density at radius 2 is 1.41 bits per heavy atom. The summed E-state index contributed by atoms with van der Waals surface area (Å²) in [6, 6.07) is 10.8. The van der Waals surface area contributed by atoms with E-state index in [1.54, 1.807) is 6.08 Å². The summed E-state index contributed by atoms with van der Waals surface area (Å²) in [5.41, 5.74) is 8.47. The van der Waals surface area contributed by atoms with Gasteiger partial charge in [0.2, 0.25) is 0 Å². The number of benzene rings is 2. The summed E-state index contributed by atoms with van der Waals surface area (Å²) >= 11 is 0. The number of carbonyl (C=O) groups is 1. The van der Waals surface area contributed by atoms with Gasteiger partial charge in [0, 0.05) is 16.9 Å². The van der Waals surface area contributed by atoms with E-state index in [0.29, 0.717) is 0 Å². The van der Waals surface area contributed by atoms with Gasteiger partial charge in [-0.1, -0.05) is 58.0 Å². The molecule has 0 heterocycles. The maximum atomic E-state index is 10.8. The minimum Gasteiger partial charge on any atom is -0.478 e. The SMILES string of the molecule is Cc1ccc(C=CC(=O)O)cc1-c1cc2c(cc1C)C(C)(C)C=CC2(C)C. The maximum absolute atomic E-state index is 10.8. The van der Waals surface area contributed by atoms with Gasteiger partial charge in [0.1, 0.15) is 0 Å². The van der Waals surface area contributed by atoms with Crippen LogP contribution in [-0.2, 0) is 15.6 Å². The predicted molar refractivity (Wildman–Crippen MR) is 113 cm³/mol. The van der Waals surface area contributed by atoms with Gasteiger partial charge in [0.25, 0.3) is 0 Å². The number of aryl methyl sites for hydroxylation is 2. The van der Waals surface area contributed by atoms with Crippen LogP contribution in [0, 0.1) is 13.8 Å². The maximum Gasteiger partial charge on any atom is 0.328 e. The van der Waals surface area contributed by atoms with Gasteiger partial charge < -0.3 is 5.11 Å². The van der Waals surface area contributed by atoms with E-state index in [9.17, 15) is 4.79 Å². The first kappa shape index (κ1) is 19.2. The summed E-state index contributed by atoms with van der Waals surface area (Å²) in [6.45, 7) is 13.3. The highest BCUT2D eigenvalue weighted by Gasteiger charge is 2.33. The molecule has 0 fully saturated rings. The molecule has 0 atom stereocenters. The van der Waals surface area contributed by atoms with Crippen molar-refractivity contribution in [1.82, 2.24) is 0 Å². The van der Waals surface area contributed by atoms with Crippen LogP contribution in [0.3, 0.4) is 0 Å². The number of hydrogen-bond acceptors (Lipinski definition) is 1. The third-order valence-corrected chi connectivity index (χ3v) is 5.64. The summed E-state index contributed by atoms with van der Waals surface area (Å²) < 4.78 is 0. The van der Waals surface area contributed by atoms with Crippen molar-refractivity contribution < 1.29 is 9.90 Å². The number of allylic oxidation sites excluding steroid dienone is 2. The van der Waals surface area contributed by atoms with Crippen molar-refractivity contribution in [2.24, 2.45) is 0 Å². The summed E-state index contributed by atoms with van der Waals surface area (Å²) in [5.74, 6) is -0.933. The molecule has 27 heavy (non-hydrogen) atoms. The van der Waals surface area contributed by atoms with Gasteiger partial charge in [-0.2, -0.15) is 0 Å². The van der Waals surface area contributed by atoms with Crippen LogP contribution in [0.25, 0.3) is 17.2 Å². The molecule has 2 aromatic carbocycles. The highest BCUT2D eigenvalue weighted by molar-refractivity contribution is 5.86. The molecular formula is C25H28O2. The van der Waals surface area contributed by atoms with Crippen LogP contribution in [0.1, 0.15) is 55.5 Å². The topological polar surface area (TPSA) is 37.3 Å². The number of fused-ring (bicyclic) bond motifs is 1. The van der Waals surface area contributed by atoms with Gasteiger partial charge in [-0.3, -0.25) is 0 Å². The summed E-state index contributed by atoms with van der Waals surface area (Å²) in [4.78, 5) is 10.8. The fourth-order valence-electron chi connectivity index (χ4n) is 3.86. The van der Waals surface area contributed by atoms with Gasteiger partial charge in [-0.05, 0) is 71.0 Å². The Hall–Kier alpha value is -2.61. The van der Waals surface area contributed by atoms with Crippen LogP contribution in [0.5, 0.6) is 0 Å². The van der Waals surface area contributed by atoms with Crippen LogP contribution in [0.4, 0.5) is 0 Å². The molecule has 0 bridgehead atoms. The first-order valence-electron chi connectivity index (χ1n) is 9.39. The van der Waals surface area contributed by atoms with Crippen molar-refractivity contribution in [2.45, 2.75) is 52.4 Å². The van der Waals surface area contributed by atoms with E-state index in [2.05, 4.69) is 78.0 Å². The van der Waals surface area contributed by atoms with Crippen LogP contribution < -0.4 is 0 Å². The minimum absolute atomic E-state index is 0.0119. The molecule has 1 aliphatic carbocycles. The van der Waals surface area contributed by atoms with E-state index in [-0.39, 0.29) is 10.8 Å². The van der Waals surface area contributed by atoms with Crippen molar-refractivity contribution in [3.05, 3.63) is 76.4 Å². The predicted octanol–water partition coefficient (Wildman–Crippen LogP) is 6.19. The molecule has 0 saturated carbocycles. The molecular weight excluding hydrogens is 332 g/mol. The molecule has 2 nitrogen and oxygen atoms in total. The summed E-state index contributed by atoms with van der Waals surface area (Å²) in [5, 5.41) is 8.91. The number of carboxylic acids is 1. The third kappa shape index (κ3) is 3.62. The lowest BCUT2D eigenvalue weighted by atomic mass is 9.67. The second-order valence-corrected chi connectivity index (χ2v) is 8.74. The zero-order valence-corrected chi connectivity index (χ0v) is 17.1. The molecule has 0 spiro atoms. The van der Waals surface area contributed by atoms with Gasteiger partial charge in [0.05, 0.1) is 0 Å². The van der Waals surface area contributed by atoms with E-state index in [1.165, 1.54) is 33.9 Å². The number of hydrogen-bond donors (Lipinski definition) is 1. The number of aliphatic carboxylic acids is 1. The second kappa shape index (κ2) is 6.53. The Morgan fingerprint density at radius 1 is 0.852 bits per heavy atom. The molecule has 2 aromatic rings. The van der Waals surface area contributed by atoms with Crippen molar-refractivity contribution >= 4 is 12.0 Å². The first-order valence-corrected chi connectivity index (χ1v) is 9.39. The van der Waals surface area contributed by atoms with E-state index < -0.39 is 5.97 Å². The quantitative estimate of drug-likeness (QED) is 0.523. The molecule has 1 aliphatic rings. The molecule has 3 rings (SSSR count). The smallest absolute Gasteiger partial charge is 0.328 e. The highest BCUT2D eigenvalue weighted by Crippen LogP contribution is 2.44. The molecule has 0 aliphatic heterocycles. The lowest BCUT2D eigenvalue weighted by Crippen LogP contribution is -2.29. The lowest BCUT2D eigenvalue weighted by molar-refractivity contribution is -0.131. The van der Waals surface area contributed by atoms with Crippen LogP contribution >= 0.6 is 0 Å². The Labute approximate surface area is 162 Å². The third-order valence-electron chi connectivity index (χ3n) is 5.64. The molecule has 0 amide bonds. The van der Waals surface area contributed by atoms with Crippen LogP contribution in [0.2, 0.25) is 0 Å². The first-order chi connectivity index (χ1) is 12.5. The zero-order valence-electron chi connectivity index (χ0n) is 17.1. The van der Waals surface area contributed by atoms with Gasteiger partial charge in [-0.15, -0.1) is 0 Å². The average molecular weight is 360 g/mol. The largest absolute Gasteiger partial charge is 0.478 e. The summed E-state index contributed by atoms with van der Waals surface area (Å²) in [6.07, 6.45) is 7.46. The van der Waals surface area contributed by atoms with E-state index >= 15 is 0 Å².